The van der Waals surface area contributed by atoms with Gasteiger partial charge in [0, 0.05) is 19.3 Å². The number of hydrogen-bond donors (Lipinski definition) is 1. The van der Waals surface area contributed by atoms with Crippen LogP contribution in [0, 0.1) is 6.92 Å². The molecule has 1 aliphatic rings. The number of sulfonamides is 1. The minimum atomic E-state index is -3.36. The van der Waals surface area contributed by atoms with Crippen molar-refractivity contribution in [1.29, 1.82) is 0 Å². The Kier molecular flexibility index (Phi) is 4.03. The molecular formula is C13H20N4O3S. The van der Waals surface area contributed by atoms with Gasteiger partial charge in [0.25, 0.3) is 5.91 Å². The third kappa shape index (κ3) is 2.91. The van der Waals surface area contributed by atoms with Gasteiger partial charge in [0.1, 0.15) is 11.5 Å². The molecular weight excluding hydrogens is 292 g/mol. The Morgan fingerprint density at radius 2 is 2.10 bits per heavy atom. The zero-order chi connectivity index (χ0) is 15.8. The Labute approximate surface area is 124 Å². The van der Waals surface area contributed by atoms with E-state index >= 15 is 0 Å². The summed E-state index contributed by atoms with van der Waals surface area (Å²) in [5.41, 5.74) is 0.0873. The van der Waals surface area contributed by atoms with Crippen LogP contribution in [0.3, 0.4) is 0 Å². The molecule has 1 atom stereocenters. The van der Waals surface area contributed by atoms with E-state index in [0.29, 0.717) is 24.5 Å². The van der Waals surface area contributed by atoms with Crippen molar-refractivity contribution in [3.05, 3.63) is 23.3 Å². The van der Waals surface area contributed by atoms with Crippen LogP contribution in [0.25, 0.3) is 0 Å². The highest BCUT2D eigenvalue weighted by atomic mass is 32.2. The Bertz CT molecular complexity index is 674. The molecule has 0 aromatic carbocycles. The maximum Gasteiger partial charge on any atom is 0.269 e. The molecule has 1 N–H and O–H groups in total. The summed E-state index contributed by atoms with van der Waals surface area (Å²) >= 11 is 0. The average Bonchev–Trinajstić information content (AvgIpc) is 2.80. The van der Waals surface area contributed by atoms with Crippen LogP contribution in [-0.4, -0.2) is 48.4 Å². The third-order valence-electron chi connectivity index (χ3n) is 3.77. The first-order chi connectivity index (χ1) is 9.68. The minimum absolute atomic E-state index is 0.251. The summed E-state index contributed by atoms with van der Waals surface area (Å²) in [5.74, 6) is 0.0678. The quantitative estimate of drug-likeness (QED) is 0.873. The van der Waals surface area contributed by atoms with Gasteiger partial charge in [0.05, 0.1) is 11.8 Å². The fraction of sp³-hybridized carbons (Fsp3) is 0.615. The lowest BCUT2D eigenvalue weighted by molar-refractivity contribution is 0.0957. The van der Waals surface area contributed by atoms with Crippen molar-refractivity contribution >= 4 is 15.9 Å². The summed E-state index contributed by atoms with van der Waals surface area (Å²) in [4.78, 5) is 20.4. The summed E-state index contributed by atoms with van der Waals surface area (Å²) in [7, 11) is -1.83. The number of aromatic nitrogens is 2. The second kappa shape index (κ2) is 5.34. The lowest BCUT2D eigenvalue weighted by Gasteiger charge is -2.32. The van der Waals surface area contributed by atoms with E-state index in [1.54, 1.807) is 13.0 Å². The number of rotatable bonds is 3. The molecule has 116 valence electrons. The highest BCUT2D eigenvalue weighted by Gasteiger charge is 2.45. The summed E-state index contributed by atoms with van der Waals surface area (Å²) in [6, 6.07) is 1.59. The smallest absolute Gasteiger partial charge is 0.269 e. The van der Waals surface area contributed by atoms with Crippen molar-refractivity contribution in [2.24, 2.45) is 0 Å². The van der Waals surface area contributed by atoms with Gasteiger partial charge in [-0.1, -0.05) is 0 Å². The molecule has 2 rings (SSSR count). The number of aryl methyl sites for hydroxylation is 1. The van der Waals surface area contributed by atoms with Crippen LogP contribution in [0.4, 0.5) is 0 Å². The van der Waals surface area contributed by atoms with Gasteiger partial charge in [-0.05, 0) is 32.8 Å². The zero-order valence-electron chi connectivity index (χ0n) is 12.7. The second-order valence-corrected chi connectivity index (χ2v) is 7.42. The van der Waals surface area contributed by atoms with Crippen LogP contribution < -0.4 is 5.32 Å². The van der Waals surface area contributed by atoms with Crippen molar-refractivity contribution in [2.75, 3.05) is 19.8 Å². The lowest BCUT2D eigenvalue weighted by Crippen LogP contribution is -2.43. The van der Waals surface area contributed by atoms with Gasteiger partial charge in [0.2, 0.25) is 10.0 Å². The fourth-order valence-corrected chi connectivity index (χ4v) is 4.11. The first kappa shape index (κ1) is 15.8. The van der Waals surface area contributed by atoms with E-state index in [9.17, 15) is 13.2 Å². The maximum absolute atomic E-state index is 12.0. The van der Waals surface area contributed by atoms with Crippen molar-refractivity contribution in [1.82, 2.24) is 19.6 Å². The van der Waals surface area contributed by atoms with Crippen LogP contribution in [0.2, 0.25) is 0 Å². The van der Waals surface area contributed by atoms with E-state index in [4.69, 9.17) is 0 Å². The molecule has 1 fully saturated rings. The van der Waals surface area contributed by atoms with Gasteiger partial charge in [-0.3, -0.25) is 4.79 Å². The van der Waals surface area contributed by atoms with Crippen LogP contribution in [0.5, 0.6) is 0 Å². The standard InChI is InChI=1S/C13H20N4O3S/c1-9-8-10(11(18)14-3)16-12(15-9)13(2)6-5-7-17(13)21(4,19)20/h8H,5-7H2,1-4H3,(H,14,18). The van der Waals surface area contributed by atoms with E-state index in [0.717, 1.165) is 6.42 Å². The Balaban J connectivity index is 2.54. The van der Waals surface area contributed by atoms with Gasteiger partial charge >= 0.3 is 0 Å². The van der Waals surface area contributed by atoms with Crippen LogP contribution in [0.15, 0.2) is 6.07 Å². The van der Waals surface area contributed by atoms with E-state index in [2.05, 4.69) is 15.3 Å². The highest BCUT2D eigenvalue weighted by Crippen LogP contribution is 2.38. The molecule has 1 amide bonds. The maximum atomic E-state index is 12.0. The normalized spacial score (nSPS) is 23.2. The van der Waals surface area contributed by atoms with Gasteiger partial charge in [-0.2, -0.15) is 4.31 Å². The zero-order valence-corrected chi connectivity index (χ0v) is 13.5. The summed E-state index contributed by atoms with van der Waals surface area (Å²) < 4.78 is 25.4. The van der Waals surface area contributed by atoms with Crippen LogP contribution in [-0.2, 0) is 15.6 Å². The largest absolute Gasteiger partial charge is 0.354 e. The second-order valence-electron chi connectivity index (χ2n) is 5.51. The third-order valence-corrected chi connectivity index (χ3v) is 5.16. The predicted molar refractivity (Wildman–Crippen MR) is 78.3 cm³/mol. The molecule has 0 radical (unpaired) electrons. The first-order valence-corrected chi connectivity index (χ1v) is 8.59. The average molecular weight is 312 g/mol. The molecule has 0 bridgehead atoms. The van der Waals surface area contributed by atoms with E-state index < -0.39 is 15.6 Å². The molecule has 1 aromatic rings. The Hall–Kier alpha value is -1.54. The summed E-state index contributed by atoms with van der Waals surface area (Å²) in [6.07, 6.45) is 2.57. The molecule has 7 nitrogen and oxygen atoms in total. The van der Waals surface area contributed by atoms with Gasteiger partial charge < -0.3 is 5.32 Å². The Morgan fingerprint density at radius 3 is 2.67 bits per heavy atom. The number of carbonyl (C=O) groups is 1. The molecule has 0 aliphatic carbocycles. The molecule has 0 spiro atoms. The molecule has 2 heterocycles. The monoisotopic (exact) mass is 312 g/mol. The van der Waals surface area contributed by atoms with Gasteiger partial charge in [-0.15, -0.1) is 0 Å². The molecule has 21 heavy (non-hydrogen) atoms. The van der Waals surface area contributed by atoms with Crippen molar-refractivity contribution < 1.29 is 13.2 Å². The summed E-state index contributed by atoms with van der Waals surface area (Å²) in [6.45, 7) is 4.02. The van der Waals surface area contributed by atoms with E-state index in [1.165, 1.54) is 17.6 Å². The highest BCUT2D eigenvalue weighted by molar-refractivity contribution is 7.88. The first-order valence-electron chi connectivity index (χ1n) is 6.74. The van der Waals surface area contributed by atoms with E-state index in [-0.39, 0.29) is 11.6 Å². The van der Waals surface area contributed by atoms with Gasteiger partial charge in [-0.25, -0.2) is 18.4 Å². The van der Waals surface area contributed by atoms with Gasteiger partial charge in [0.15, 0.2) is 0 Å². The molecule has 0 saturated carbocycles. The van der Waals surface area contributed by atoms with Crippen molar-refractivity contribution in [3.63, 3.8) is 0 Å². The lowest BCUT2D eigenvalue weighted by atomic mass is 9.99. The minimum Gasteiger partial charge on any atom is -0.354 e. The number of hydrogen-bond acceptors (Lipinski definition) is 5. The van der Waals surface area contributed by atoms with Crippen molar-refractivity contribution in [2.45, 2.75) is 32.2 Å². The Morgan fingerprint density at radius 1 is 1.43 bits per heavy atom. The predicted octanol–water partition coefficient (Wildman–Crippen LogP) is 0.415. The molecule has 1 saturated heterocycles. The van der Waals surface area contributed by atoms with Crippen LogP contribution in [0.1, 0.15) is 41.8 Å². The topological polar surface area (TPSA) is 92.3 Å². The SMILES string of the molecule is CNC(=O)c1cc(C)nc(C2(C)CCCN2S(C)(=O)=O)n1. The number of amides is 1. The van der Waals surface area contributed by atoms with E-state index in [1.807, 2.05) is 6.92 Å². The molecule has 1 aliphatic heterocycles. The van der Waals surface area contributed by atoms with Crippen LogP contribution >= 0.6 is 0 Å². The number of nitrogens with one attached hydrogen (secondary N) is 1. The molecule has 1 aromatic heterocycles. The molecule has 1 unspecified atom stereocenters. The number of nitrogens with zero attached hydrogens (tertiary/aromatic N) is 3. The summed E-state index contributed by atoms with van der Waals surface area (Å²) in [5, 5.41) is 2.52. The fourth-order valence-electron chi connectivity index (χ4n) is 2.75. The van der Waals surface area contributed by atoms with Crippen molar-refractivity contribution in [3.8, 4) is 0 Å². The number of carbonyl (C=O) groups excluding carboxylic acids is 1. The molecule has 8 heteroatoms.